The number of nitrogens with one attached hydrogen (secondary N) is 2. The minimum atomic E-state index is 0.0286. The predicted molar refractivity (Wildman–Crippen MR) is 145 cm³/mol. The van der Waals surface area contributed by atoms with Crippen LogP contribution in [0.15, 0.2) is 36.4 Å². The number of nitrogens with zero attached hydrogens (tertiary/aromatic N) is 3. The van der Waals surface area contributed by atoms with E-state index in [1.165, 1.54) is 5.69 Å². The maximum atomic E-state index is 10.1. The van der Waals surface area contributed by atoms with Crippen LogP contribution in [0.2, 0.25) is 0 Å². The van der Waals surface area contributed by atoms with Gasteiger partial charge in [0.1, 0.15) is 5.75 Å². The van der Waals surface area contributed by atoms with Crippen LogP contribution < -0.4 is 15.5 Å². The van der Waals surface area contributed by atoms with E-state index >= 15 is 0 Å². The van der Waals surface area contributed by atoms with Crippen molar-refractivity contribution in [3.05, 3.63) is 42.0 Å². The molecule has 0 amide bonds. The number of aliphatic hydroxyl groups excluding tert-OH is 1. The molecule has 0 aliphatic carbocycles. The zero-order valence-corrected chi connectivity index (χ0v) is 22.4. The van der Waals surface area contributed by atoms with Crippen LogP contribution in [-0.2, 0) is 0 Å². The van der Waals surface area contributed by atoms with Gasteiger partial charge in [-0.15, -0.1) is 0 Å². The van der Waals surface area contributed by atoms with Gasteiger partial charge in [-0.25, -0.2) is 0 Å². The minimum absolute atomic E-state index is 0.0286. The molecule has 0 aliphatic rings. The summed E-state index contributed by atoms with van der Waals surface area (Å²) in [6, 6.07) is 12.2. The Morgan fingerprint density at radius 3 is 1.88 bits per heavy atom. The maximum absolute atomic E-state index is 10.1. The first-order valence-corrected chi connectivity index (χ1v) is 12.3. The van der Waals surface area contributed by atoms with Crippen LogP contribution in [0, 0.1) is 6.92 Å². The quantitative estimate of drug-likeness (QED) is 0.248. The van der Waals surface area contributed by atoms with E-state index in [0.717, 1.165) is 70.6 Å². The lowest BCUT2D eigenvalue weighted by Crippen LogP contribution is -2.39. The van der Waals surface area contributed by atoms with Crippen molar-refractivity contribution in [3.8, 4) is 5.75 Å². The number of quaternary nitrogens is 2. The molecular formula is C27H47N5O2+2. The first kappa shape index (κ1) is 27.8. The van der Waals surface area contributed by atoms with E-state index in [-0.39, 0.29) is 12.4 Å². The number of phenolic OH excluding ortho intramolecular Hbond substituents is 1. The van der Waals surface area contributed by atoms with Gasteiger partial charge in [-0.1, -0.05) is 0 Å². The van der Waals surface area contributed by atoms with Gasteiger partial charge in [0.2, 0.25) is 0 Å². The second-order valence-corrected chi connectivity index (χ2v) is 11.2. The number of hydrogen-bond acceptors (Lipinski definition) is 5. The fourth-order valence-corrected chi connectivity index (χ4v) is 3.89. The highest BCUT2D eigenvalue weighted by Crippen LogP contribution is 2.32. The Labute approximate surface area is 206 Å². The zero-order chi connectivity index (χ0) is 25.4. The Balaban J connectivity index is 2.14. The maximum Gasteiger partial charge on any atom is 0.120 e. The summed E-state index contributed by atoms with van der Waals surface area (Å²) in [6.07, 6.45) is 2.31. The van der Waals surface area contributed by atoms with Gasteiger partial charge in [-0.2, -0.15) is 0 Å². The van der Waals surface area contributed by atoms with E-state index in [4.69, 9.17) is 0 Å². The molecule has 0 radical (unpaired) electrons. The Hall–Kier alpha value is -2.48. The molecule has 4 N–H and O–H groups in total. The Morgan fingerprint density at radius 1 is 0.824 bits per heavy atom. The minimum Gasteiger partial charge on any atom is -0.508 e. The van der Waals surface area contributed by atoms with Crippen LogP contribution >= 0.6 is 0 Å². The molecule has 0 saturated heterocycles. The van der Waals surface area contributed by atoms with Crippen LogP contribution in [0.3, 0.4) is 0 Å². The summed E-state index contributed by atoms with van der Waals surface area (Å²) in [5.74, 6) is 0.236. The van der Waals surface area contributed by atoms with Crippen molar-refractivity contribution in [2.45, 2.75) is 19.8 Å². The van der Waals surface area contributed by atoms with Gasteiger partial charge < -0.3 is 34.7 Å². The van der Waals surface area contributed by atoms with E-state index in [0.29, 0.717) is 6.54 Å². The lowest BCUT2D eigenvalue weighted by Gasteiger charge is -2.30. The Bertz CT molecular complexity index is 866. The lowest BCUT2D eigenvalue weighted by molar-refractivity contribution is -0.870. The van der Waals surface area contributed by atoms with Crippen LogP contribution in [0.1, 0.15) is 18.4 Å². The molecule has 0 bridgehead atoms. The number of aryl methyl sites for hydroxylation is 1. The molecule has 2 aromatic carbocycles. The standard InChI is InChI=1S/C27H46N5O2/c1-22-20-26(25(21-27(22)34)28-14-19-33)29-23-10-12-24(13-11-23)30(15-8-17-31(2,3)4)16-9-18-32(5,6)7/h10-13,20-21,28-29,33H,8-9,14-19H2,1-7H3/q+1/p+1. The predicted octanol–water partition coefficient (Wildman–Crippen LogP) is 3.85. The summed E-state index contributed by atoms with van der Waals surface area (Å²) in [4.78, 5) is 2.51. The average Bonchev–Trinajstić information content (AvgIpc) is 2.73. The summed E-state index contributed by atoms with van der Waals surface area (Å²) in [7, 11) is 13.5. The van der Waals surface area contributed by atoms with E-state index in [2.05, 4.69) is 82.1 Å². The van der Waals surface area contributed by atoms with Gasteiger partial charge in [0.25, 0.3) is 0 Å². The molecule has 7 nitrogen and oxygen atoms in total. The normalized spacial score (nSPS) is 12.0. The number of rotatable bonds is 14. The number of phenols is 1. The first-order chi connectivity index (χ1) is 15.9. The Morgan fingerprint density at radius 2 is 1.38 bits per heavy atom. The van der Waals surface area contributed by atoms with Crippen LogP contribution in [-0.4, -0.2) is 101 Å². The highest BCUT2D eigenvalue weighted by atomic mass is 16.3. The van der Waals surface area contributed by atoms with Crippen molar-refractivity contribution < 1.29 is 19.2 Å². The SMILES string of the molecule is Cc1cc(Nc2ccc(N(CCC[N+](C)(C)C)CCC[N+](C)(C)C)cc2)c(NCCO)cc1O. The van der Waals surface area contributed by atoms with Gasteiger partial charge >= 0.3 is 0 Å². The van der Waals surface area contributed by atoms with Crippen molar-refractivity contribution in [1.29, 1.82) is 0 Å². The summed E-state index contributed by atoms with van der Waals surface area (Å²) in [5.41, 5.74) is 4.67. The van der Waals surface area contributed by atoms with E-state index < -0.39 is 0 Å². The highest BCUT2D eigenvalue weighted by Gasteiger charge is 2.14. The molecule has 0 fully saturated rings. The molecule has 0 spiro atoms. The van der Waals surface area contributed by atoms with Gasteiger partial charge in [0.15, 0.2) is 0 Å². The third kappa shape index (κ3) is 9.79. The lowest BCUT2D eigenvalue weighted by atomic mass is 10.1. The summed E-state index contributed by atoms with van der Waals surface area (Å²) >= 11 is 0. The molecule has 2 rings (SSSR count). The molecule has 0 heterocycles. The molecule has 0 unspecified atom stereocenters. The molecule has 34 heavy (non-hydrogen) atoms. The molecular weight excluding hydrogens is 426 g/mol. The van der Waals surface area contributed by atoms with Gasteiger partial charge in [0, 0.05) is 49.9 Å². The van der Waals surface area contributed by atoms with Crippen LogP contribution in [0.25, 0.3) is 0 Å². The molecule has 0 aliphatic heterocycles. The number of anilines is 4. The summed E-state index contributed by atoms with van der Waals surface area (Å²) < 4.78 is 1.96. The summed E-state index contributed by atoms with van der Waals surface area (Å²) in [6.45, 7) is 6.72. The molecule has 2 aromatic rings. The zero-order valence-electron chi connectivity index (χ0n) is 22.4. The molecule has 190 valence electrons. The highest BCUT2D eigenvalue weighted by molar-refractivity contribution is 5.77. The van der Waals surface area contributed by atoms with Crippen molar-refractivity contribution in [1.82, 2.24) is 0 Å². The number of hydrogen-bond donors (Lipinski definition) is 4. The van der Waals surface area contributed by atoms with Crippen molar-refractivity contribution in [3.63, 3.8) is 0 Å². The molecule has 0 atom stereocenters. The van der Waals surface area contributed by atoms with E-state index in [9.17, 15) is 10.2 Å². The molecule has 0 saturated carbocycles. The number of aromatic hydroxyl groups is 1. The third-order valence-corrected chi connectivity index (χ3v) is 5.79. The fourth-order valence-electron chi connectivity index (χ4n) is 3.89. The average molecular weight is 474 g/mol. The van der Waals surface area contributed by atoms with Gasteiger partial charge in [0.05, 0.1) is 73.4 Å². The van der Waals surface area contributed by atoms with Crippen LogP contribution in [0.5, 0.6) is 5.75 Å². The monoisotopic (exact) mass is 473 g/mol. The van der Waals surface area contributed by atoms with E-state index in [1.807, 2.05) is 13.0 Å². The van der Waals surface area contributed by atoms with Crippen molar-refractivity contribution in [2.24, 2.45) is 0 Å². The van der Waals surface area contributed by atoms with Gasteiger partial charge in [-0.05, 0) is 42.8 Å². The second-order valence-electron chi connectivity index (χ2n) is 11.2. The number of aliphatic hydroxyl groups is 1. The summed E-state index contributed by atoms with van der Waals surface area (Å²) in [5, 5.41) is 25.9. The van der Waals surface area contributed by atoms with Crippen molar-refractivity contribution in [2.75, 3.05) is 97.2 Å². The van der Waals surface area contributed by atoms with E-state index in [1.54, 1.807) is 6.07 Å². The van der Waals surface area contributed by atoms with Crippen molar-refractivity contribution >= 4 is 22.7 Å². The second kappa shape index (κ2) is 12.3. The first-order valence-electron chi connectivity index (χ1n) is 12.3. The topological polar surface area (TPSA) is 67.8 Å². The van der Waals surface area contributed by atoms with Gasteiger partial charge in [-0.3, -0.25) is 0 Å². The Kier molecular flexibility index (Phi) is 10.0. The largest absolute Gasteiger partial charge is 0.508 e. The van der Waals surface area contributed by atoms with Crippen LogP contribution in [0.4, 0.5) is 22.7 Å². The third-order valence-electron chi connectivity index (χ3n) is 5.79. The molecule has 0 aromatic heterocycles. The molecule has 7 heteroatoms. The number of benzene rings is 2. The fraction of sp³-hybridized carbons (Fsp3) is 0.556. The smallest absolute Gasteiger partial charge is 0.120 e.